The van der Waals surface area contributed by atoms with Crippen LogP contribution in [0.5, 0.6) is 0 Å². The second-order valence-electron chi connectivity index (χ2n) is 6.41. The Balaban J connectivity index is 1.66. The van der Waals surface area contributed by atoms with E-state index >= 15 is 0 Å². The summed E-state index contributed by atoms with van der Waals surface area (Å²) in [6.45, 7) is 0.489. The molecular formula is C24H20N2OS. The molecule has 0 amide bonds. The summed E-state index contributed by atoms with van der Waals surface area (Å²) in [7, 11) is 0. The van der Waals surface area contributed by atoms with Gasteiger partial charge in [0.2, 0.25) is 0 Å². The largest absolute Gasteiger partial charge is 0.283 e. The first-order valence-corrected chi connectivity index (χ1v) is 10.2. The van der Waals surface area contributed by atoms with E-state index in [4.69, 9.17) is 4.98 Å². The Bertz CT molecular complexity index is 1150. The highest BCUT2D eigenvalue weighted by Gasteiger charge is 2.10. The SMILES string of the molecule is O=c1c2ccccc2nc(SCc2ccccc2)n1C/C=C\c1ccccc1. The topological polar surface area (TPSA) is 34.9 Å². The Kier molecular flexibility index (Phi) is 5.69. The van der Waals surface area contributed by atoms with Gasteiger partial charge in [0.15, 0.2) is 5.16 Å². The Morgan fingerprint density at radius 1 is 0.857 bits per heavy atom. The quantitative estimate of drug-likeness (QED) is 0.330. The van der Waals surface area contributed by atoms with Crippen molar-refractivity contribution in [3.63, 3.8) is 0 Å². The molecule has 0 aliphatic rings. The molecule has 3 nitrogen and oxygen atoms in total. The van der Waals surface area contributed by atoms with Gasteiger partial charge in [0.05, 0.1) is 10.9 Å². The fourth-order valence-electron chi connectivity index (χ4n) is 3.00. The van der Waals surface area contributed by atoms with Crippen LogP contribution in [0, 0.1) is 0 Å². The Morgan fingerprint density at radius 2 is 1.54 bits per heavy atom. The lowest BCUT2D eigenvalue weighted by molar-refractivity contribution is 0.672. The highest BCUT2D eigenvalue weighted by molar-refractivity contribution is 7.98. The van der Waals surface area contributed by atoms with Gasteiger partial charge in [0.1, 0.15) is 0 Å². The van der Waals surface area contributed by atoms with Crippen molar-refractivity contribution < 1.29 is 0 Å². The average Bonchev–Trinajstić information content (AvgIpc) is 2.75. The van der Waals surface area contributed by atoms with E-state index in [0.29, 0.717) is 11.9 Å². The minimum Gasteiger partial charge on any atom is -0.283 e. The van der Waals surface area contributed by atoms with E-state index in [2.05, 4.69) is 12.1 Å². The first-order chi connectivity index (χ1) is 13.8. The predicted molar refractivity (Wildman–Crippen MR) is 117 cm³/mol. The van der Waals surface area contributed by atoms with Crippen molar-refractivity contribution in [3.8, 4) is 0 Å². The molecule has 0 radical (unpaired) electrons. The molecule has 28 heavy (non-hydrogen) atoms. The van der Waals surface area contributed by atoms with Crippen LogP contribution < -0.4 is 5.56 Å². The van der Waals surface area contributed by atoms with Gasteiger partial charge in [-0.05, 0) is 23.3 Å². The molecule has 4 heteroatoms. The molecule has 0 bridgehead atoms. The van der Waals surface area contributed by atoms with Crippen molar-refractivity contribution in [1.82, 2.24) is 9.55 Å². The first-order valence-electron chi connectivity index (χ1n) is 9.19. The summed E-state index contributed by atoms with van der Waals surface area (Å²) in [5, 5.41) is 1.39. The van der Waals surface area contributed by atoms with Crippen LogP contribution in [0.1, 0.15) is 11.1 Å². The summed E-state index contributed by atoms with van der Waals surface area (Å²) in [6.07, 6.45) is 4.05. The number of fused-ring (bicyclic) bond motifs is 1. The van der Waals surface area contributed by atoms with Crippen LogP contribution >= 0.6 is 11.8 Å². The van der Waals surface area contributed by atoms with E-state index < -0.39 is 0 Å². The zero-order valence-corrected chi connectivity index (χ0v) is 16.2. The van der Waals surface area contributed by atoms with Crippen LogP contribution in [0.25, 0.3) is 17.0 Å². The second-order valence-corrected chi connectivity index (χ2v) is 7.36. The Labute approximate surface area is 168 Å². The van der Waals surface area contributed by atoms with E-state index in [1.165, 1.54) is 5.56 Å². The molecule has 0 spiro atoms. The van der Waals surface area contributed by atoms with Crippen LogP contribution in [0.15, 0.2) is 101 Å². The number of hydrogen-bond acceptors (Lipinski definition) is 3. The molecule has 0 fully saturated rings. The van der Waals surface area contributed by atoms with Crippen molar-refractivity contribution in [3.05, 3.63) is 112 Å². The number of thioether (sulfide) groups is 1. The van der Waals surface area contributed by atoms with Gasteiger partial charge in [0.25, 0.3) is 5.56 Å². The van der Waals surface area contributed by atoms with Gasteiger partial charge in [-0.15, -0.1) is 0 Å². The maximum atomic E-state index is 13.1. The van der Waals surface area contributed by atoms with Crippen LogP contribution in [0.4, 0.5) is 0 Å². The van der Waals surface area contributed by atoms with Gasteiger partial charge >= 0.3 is 0 Å². The third-order valence-electron chi connectivity index (χ3n) is 4.44. The standard InChI is InChI=1S/C24H20N2OS/c27-23-21-15-7-8-16-22(21)25-24(28-18-20-12-5-2-6-13-20)26(23)17-9-14-19-10-3-1-4-11-19/h1-16H,17-18H2/b14-9-. The average molecular weight is 385 g/mol. The molecule has 4 rings (SSSR count). The molecule has 0 N–H and O–H groups in total. The number of benzene rings is 3. The third-order valence-corrected chi connectivity index (χ3v) is 5.48. The molecule has 1 aromatic heterocycles. The lowest BCUT2D eigenvalue weighted by atomic mass is 10.2. The first kappa shape index (κ1) is 18.3. The van der Waals surface area contributed by atoms with Crippen molar-refractivity contribution in [2.75, 3.05) is 0 Å². The zero-order valence-electron chi connectivity index (χ0n) is 15.4. The smallest absolute Gasteiger partial charge is 0.262 e. The molecule has 0 aliphatic heterocycles. The minimum atomic E-state index is -0.00104. The maximum absolute atomic E-state index is 13.1. The summed E-state index contributed by atoms with van der Waals surface area (Å²) in [6, 6.07) is 27.9. The molecular weight excluding hydrogens is 364 g/mol. The molecule has 0 saturated carbocycles. The third kappa shape index (κ3) is 4.24. The number of para-hydroxylation sites is 1. The number of aromatic nitrogens is 2. The van der Waals surface area contributed by atoms with E-state index in [9.17, 15) is 4.79 Å². The van der Waals surface area contributed by atoms with E-state index in [1.54, 1.807) is 16.3 Å². The van der Waals surface area contributed by atoms with Crippen molar-refractivity contribution in [2.24, 2.45) is 0 Å². The number of nitrogens with zero attached hydrogens (tertiary/aromatic N) is 2. The van der Waals surface area contributed by atoms with Gasteiger partial charge in [-0.25, -0.2) is 4.98 Å². The van der Waals surface area contributed by atoms with Gasteiger partial charge in [-0.2, -0.15) is 0 Å². The fourth-order valence-corrected chi connectivity index (χ4v) is 3.96. The second kappa shape index (κ2) is 8.72. The van der Waals surface area contributed by atoms with Crippen LogP contribution in [0.3, 0.4) is 0 Å². The zero-order chi connectivity index (χ0) is 19.2. The normalized spacial score (nSPS) is 11.3. The van der Waals surface area contributed by atoms with Crippen molar-refractivity contribution in [2.45, 2.75) is 17.5 Å². The maximum Gasteiger partial charge on any atom is 0.262 e. The Morgan fingerprint density at radius 3 is 2.32 bits per heavy atom. The number of rotatable bonds is 6. The molecule has 0 atom stereocenters. The van der Waals surface area contributed by atoms with Crippen LogP contribution in [-0.2, 0) is 12.3 Å². The van der Waals surface area contributed by atoms with Gasteiger partial charge in [0, 0.05) is 12.3 Å². The molecule has 4 aromatic rings. The summed E-state index contributed by atoms with van der Waals surface area (Å²) >= 11 is 1.59. The van der Waals surface area contributed by atoms with E-state index in [-0.39, 0.29) is 5.56 Å². The molecule has 138 valence electrons. The molecule has 0 unspecified atom stereocenters. The van der Waals surface area contributed by atoms with Gasteiger partial charge in [-0.1, -0.05) is 96.7 Å². The minimum absolute atomic E-state index is 0.00104. The summed E-state index contributed by atoms with van der Waals surface area (Å²) < 4.78 is 1.76. The molecule has 0 saturated heterocycles. The fraction of sp³-hybridized carbons (Fsp3) is 0.0833. The molecule has 0 aliphatic carbocycles. The van der Waals surface area contributed by atoms with Crippen LogP contribution in [-0.4, -0.2) is 9.55 Å². The molecule has 1 heterocycles. The summed E-state index contributed by atoms with van der Waals surface area (Å²) in [5.74, 6) is 0.772. The highest BCUT2D eigenvalue weighted by Crippen LogP contribution is 2.22. The Hall–Kier alpha value is -3.11. The predicted octanol–water partition coefficient (Wildman–Crippen LogP) is 5.40. The molecule has 3 aromatic carbocycles. The monoisotopic (exact) mass is 384 g/mol. The highest BCUT2D eigenvalue weighted by atomic mass is 32.2. The number of hydrogen-bond donors (Lipinski definition) is 0. The lowest BCUT2D eigenvalue weighted by Gasteiger charge is -2.11. The lowest BCUT2D eigenvalue weighted by Crippen LogP contribution is -2.22. The van der Waals surface area contributed by atoms with Crippen molar-refractivity contribution >= 4 is 28.7 Å². The number of allylic oxidation sites excluding steroid dienone is 1. The van der Waals surface area contributed by atoms with Gasteiger partial charge < -0.3 is 0 Å². The van der Waals surface area contributed by atoms with Gasteiger partial charge in [-0.3, -0.25) is 9.36 Å². The van der Waals surface area contributed by atoms with Crippen LogP contribution in [0.2, 0.25) is 0 Å². The van der Waals surface area contributed by atoms with E-state index in [1.807, 2.05) is 84.9 Å². The van der Waals surface area contributed by atoms with Crippen molar-refractivity contribution in [1.29, 1.82) is 0 Å². The van der Waals surface area contributed by atoms with E-state index in [0.717, 1.165) is 22.0 Å². The summed E-state index contributed by atoms with van der Waals surface area (Å²) in [5.41, 5.74) is 3.06. The summed E-state index contributed by atoms with van der Waals surface area (Å²) in [4.78, 5) is 17.8.